The normalized spacial score (nSPS) is 17.7. The van der Waals surface area contributed by atoms with Crippen molar-refractivity contribution in [3.8, 4) is 0 Å². The highest BCUT2D eigenvalue weighted by molar-refractivity contribution is 5.85. The number of ether oxygens (including phenoxy) is 1. The summed E-state index contributed by atoms with van der Waals surface area (Å²) >= 11 is 0. The Balaban J connectivity index is 1.87. The van der Waals surface area contributed by atoms with Gasteiger partial charge in [-0.1, -0.05) is 0 Å². The van der Waals surface area contributed by atoms with Gasteiger partial charge in [0, 0.05) is 23.1 Å². The molecule has 2 aliphatic rings. The van der Waals surface area contributed by atoms with Crippen LogP contribution in [0, 0.1) is 0 Å². The van der Waals surface area contributed by atoms with Gasteiger partial charge in [-0.05, 0) is 38.7 Å². The van der Waals surface area contributed by atoms with Gasteiger partial charge in [0.25, 0.3) is 6.43 Å². The van der Waals surface area contributed by atoms with E-state index >= 15 is 0 Å². The standard InChI is InChI=1S/C17H19F2N3O2/c1-2-24-13(23)8-22-17-14(15(21-22)10-5-6-10)11(16(18)19)7-12(20-17)9-3-4-9/h7,9-10,16H,2-6,8H2,1H3. The predicted octanol–water partition coefficient (Wildman–Crippen LogP) is 3.69. The third-order valence-electron chi connectivity index (χ3n) is 4.56. The van der Waals surface area contributed by atoms with Gasteiger partial charge in [-0.3, -0.25) is 4.79 Å². The van der Waals surface area contributed by atoms with Gasteiger partial charge in [-0.25, -0.2) is 18.4 Å². The molecule has 128 valence electrons. The van der Waals surface area contributed by atoms with E-state index in [-0.39, 0.29) is 30.6 Å². The van der Waals surface area contributed by atoms with Gasteiger partial charge < -0.3 is 4.74 Å². The van der Waals surface area contributed by atoms with Crippen LogP contribution in [-0.2, 0) is 16.1 Å². The monoisotopic (exact) mass is 335 g/mol. The Morgan fingerprint density at radius 3 is 2.62 bits per heavy atom. The SMILES string of the molecule is CCOC(=O)Cn1nc(C2CC2)c2c(C(F)F)cc(C3CC3)nc21. The molecule has 2 aromatic heterocycles. The van der Waals surface area contributed by atoms with Crippen molar-refractivity contribution in [2.75, 3.05) is 6.61 Å². The van der Waals surface area contributed by atoms with Crippen LogP contribution < -0.4 is 0 Å². The molecule has 7 heteroatoms. The first-order valence-corrected chi connectivity index (χ1v) is 8.43. The molecule has 2 heterocycles. The maximum absolute atomic E-state index is 13.7. The Labute approximate surface area is 138 Å². The number of fused-ring (bicyclic) bond motifs is 1. The molecule has 0 atom stereocenters. The zero-order valence-electron chi connectivity index (χ0n) is 13.5. The molecule has 2 saturated carbocycles. The minimum Gasteiger partial charge on any atom is -0.465 e. The Hall–Kier alpha value is -2.05. The number of rotatable bonds is 6. The summed E-state index contributed by atoms with van der Waals surface area (Å²) in [6.07, 6.45) is 1.26. The van der Waals surface area contributed by atoms with Crippen molar-refractivity contribution in [2.24, 2.45) is 0 Å². The van der Waals surface area contributed by atoms with Gasteiger partial charge in [0.2, 0.25) is 0 Å². The molecule has 0 N–H and O–H groups in total. The summed E-state index contributed by atoms with van der Waals surface area (Å²) in [6.45, 7) is 1.91. The van der Waals surface area contributed by atoms with Crippen molar-refractivity contribution in [2.45, 2.75) is 57.4 Å². The number of esters is 1. The number of aromatic nitrogens is 3. The minimum absolute atomic E-state index is 0.00101. The topological polar surface area (TPSA) is 57.0 Å². The average molecular weight is 335 g/mol. The lowest BCUT2D eigenvalue weighted by atomic mass is 10.1. The highest BCUT2D eigenvalue weighted by Gasteiger charge is 2.34. The molecule has 0 aliphatic heterocycles. The molecule has 0 aromatic carbocycles. The Morgan fingerprint density at radius 1 is 1.33 bits per heavy atom. The molecule has 0 spiro atoms. The highest BCUT2D eigenvalue weighted by Crippen LogP contribution is 2.46. The lowest BCUT2D eigenvalue weighted by Crippen LogP contribution is -2.15. The number of alkyl halides is 2. The number of carbonyl (C=O) groups is 1. The fraction of sp³-hybridized carbons (Fsp3) is 0.588. The summed E-state index contributed by atoms with van der Waals surface area (Å²) in [5.41, 5.74) is 1.73. The zero-order chi connectivity index (χ0) is 16.8. The molecule has 2 aromatic rings. The fourth-order valence-corrected chi connectivity index (χ4v) is 3.09. The highest BCUT2D eigenvalue weighted by atomic mass is 19.3. The second-order valence-corrected chi connectivity index (χ2v) is 6.53. The number of hydrogen-bond donors (Lipinski definition) is 0. The van der Waals surface area contributed by atoms with Crippen LogP contribution in [-0.4, -0.2) is 27.3 Å². The Kier molecular flexibility index (Phi) is 3.73. The number of pyridine rings is 1. The van der Waals surface area contributed by atoms with E-state index in [0.717, 1.165) is 25.7 Å². The summed E-state index contributed by atoms with van der Waals surface area (Å²) in [4.78, 5) is 16.4. The van der Waals surface area contributed by atoms with E-state index in [1.54, 1.807) is 6.92 Å². The molecule has 24 heavy (non-hydrogen) atoms. The summed E-state index contributed by atoms with van der Waals surface area (Å²) in [6, 6.07) is 1.53. The van der Waals surface area contributed by atoms with Crippen molar-refractivity contribution >= 4 is 17.0 Å². The molecule has 2 fully saturated rings. The van der Waals surface area contributed by atoms with Crippen LogP contribution in [0.3, 0.4) is 0 Å². The maximum Gasteiger partial charge on any atom is 0.327 e. The molecule has 0 amide bonds. The lowest BCUT2D eigenvalue weighted by Gasteiger charge is -2.08. The number of halogens is 2. The maximum atomic E-state index is 13.7. The zero-order valence-corrected chi connectivity index (χ0v) is 13.5. The van der Waals surface area contributed by atoms with Gasteiger partial charge in [-0.2, -0.15) is 5.10 Å². The fourth-order valence-electron chi connectivity index (χ4n) is 3.09. The van der Waals surface area contributed by atoms with Gasteiger partial charge in [-0.15, -0.1) is 0 Å². The molecule has 2 aliphatic carbocycles. The van der Waals surface area contributed by atoms with E-state index in [1.807, 2.05) is 0 Å². The molecular formula is C17H19F2N3O2. The lowest BCUT2D eigenvalue weighted by molar-refractivity contribution is -0.143. The quantitative estimate of drug-likeness (QED) is 0.756. The van der Waals surface area contributed by atoms with Crippen LogP contribution in [0.5, 0.6) is 0 Å². The first-order chi connectivity index (χ1) is 11.6. The van der Waals surface area contributed by atoms with Crippen molar-refractivity contribution in [1.82, 2.24) is 14.8 Å². The van der Waals surface area contributed by atoms with Crippen LogP contribution in [0.25, 0.3) is 11.0 Å². The third-order valence-corrected chi connectivity index (χ3v) is 4.56. The van der Waals surface area contributed by atoms with Crippen LogP contribution >= 0.6 is 0 Å². The van der Waals surface area contributed by atoms with Crippen LogP contribution in [0.2, 0.25) is 0 Å². The van der Waals surface area contributed by atoms with Crippen molar-refractivity contribution in [3.05, 3.63) is 23.0 Å². The summed E-state index contributed by atoms with van der Waals surface area (Å²) in [7, 11) is 0. The minimum atomic E-state index is -2.58. The van der Waals surface area contributed by atoms with Gasteiger partial charge in [0.15, 0.2) is 5.65 Å². The predicted molar refractivity (Wildman–Crippen MR) is 83.1 cm³/mol. The average Bonchev–Trinajstić information content (AvgIpc) is 3.44. The summed E-state index contributed by atoms with van der Waals surface area (Å²) in [5.74, 6) is 0.0192. The second kappa shape index (κ2) is 5.79. The second-order valence-electron chi connectivity index (χ2n) is 6.53. The molecule has 5 nitrogen and oxygen atoms in total. The largest absolute Gasteiger partial charge is 0.465 e. The van der Waals surface area contributed by atoms with E-state index in [4.69, 9.17) is 4.74 Å². The molecular weight excluding hydrogens is 316 g/mol. The first-order valence-electron chi connectivity index (χ1n) is 8.43. The molecule has 0 radical (unpaired) electrons. The molecule has 0 saturated heterocycles. The van der Waals surface area contributed by atoms with Crippen molar-refractivity contribution in [3.63, 3.8) is 0 Å². The number of nitrogens with zero attached hydrogens (tertiary/aromatic N) is 3. The van der Waals surface area contributed by atoms with Crippen LogP contribution in [0.1, 0.15) is 67.8 Å². The van der Waals surface area contributed by atoms with E-state index in [0.29, 0.717) is 22.4 Å². The number of hydrogen-bond acceptors (Lipinski definition) is 4. The number of carbonyl (C=O) groups excluding carboxylic acids is 1. The van der Waals surface area contributed by atoms with Crippen molar-refractivity contribution < 1.29 is 18.3 Å². The van der Waals surface area contributed by atoms with Gasteiger partial charge in [0.1, 0.15) is 6.54 Å². The van der Waals surface area contributed by atoms with E-state index < -0.39 is 12.4 Å². The van der Waals surface area contributed by atoms with E-state index in [9.17, 15) is 13.6 Å². The van der Waals surface area contributed by atoms with Gasteiger partial charge >= 0.3 is 5.97 Å². The molecule has 4 rings (SSSR count). The summed E-state index contributed by atoms with van der Waals surface area (Å²) in [5, 5.41) is 4.89. The first kappa shape index (κ1) is 15.5. The molecule has 0 unspecified atom stereocenters. The smallest absolute Gasteiger partial charge is 0.327 e. The third kappa shape index (κ3) is 2.76. The van der Waals surface area contributed by atoms with Gasteiger partial charge in [0.05, 0.1) is 17.7 Å². The van der Waals surface area contributed by atoms with E-state index in [2.05, 4.69) is 10.1 Å². The van der Waals surface area contributed by atoms with Crippen LogP contribution in [0.15, 0.2) is 6.07 Å². The van der Waals surface area contributed by atoms with Crippen LogP contribution in [0.4, 0.5) is 8.78 Å². The Morgan fingerprint density at radius 2 is 2.04 bits per heavy atom. The van der Waals surface area contributed by atoms with Crippen molar-refractivity contribution in [1.29, 1.82) is 0 Å². The molecule has 0 bridgehead atoms. The summed E-state index contributed by atoms with van der Waals surface area (Å²) < 4.78 is 33.7. The Bertz CT molecular complexity index is 795. The van der Waals surface area contributed by atoms with E-state index in [1.165, 1.54) is 10.7 Å².